The Hall–Kier alpha value is -4.63. The summed E-state index contributed by atoms with van der Waals surface area (Å²) in [6.07, 6.45) is -2.79. The highest BCUT2D eigenvalue weighted by Gasteiger charge is 2.23. The number of aromatic nitrogens is 2. The number of ether oxygens (including phenoxy) is 2. The van der Waals surface area contributed by atoms with Gasteiger partial charge in [0.2, 0.25) is 0 Å². The van der Waals surface area contributed by atoms with E-state index in [1.807, 2.05) is 0 Å². The molecule has 0 bridgehead atoms. The number of halogens is 2. The van der Waals surface area contributed by atoms with Gasteiger partial charge in [0, 0.05) is 28.6 Å². The standard InChI is InChI=1S/C34H34ClFN4O4/c1-5-15-40(33(41)44-34(2,3)4)19-26-11-14-30(43-26)23-9-12-29-27(17-23)32(38-21-37-29)39-25-10-13-31(28(35)18-25)42-20-22-7-6-8-24(36)16-22/h6-14,16-18,21H,5,15,19-20H2,1-4H3,(H,37,38,39)/i5D2,15D2,19D2,20D2. The average molecular weight is 625 g/mol. The Kier molecular flexibility index (Phi) is 6.66. The summed E-state index contributed by atoms with van der Waals surface area (Å²) in [7, 11) is 0. The fraction of sp³-hybridized carbons (Fsp3) is 0.265. The quantitative estimate of drug-likeness (QED) is 0.166. The number of carbonyl (C=O) groups excluding carboxylic acids is 1. The summed E-state index contributed by atoms with van der Waals surface area (Å²) in [5.74, 6) is -0.613. The molecule has 228 valence electrons. The first-order valence-electron chi connectivity index (χ1n) is 17.4. The van der Waals surface area contributed by atoms with Crippen LogP contribution in [0.1, 0.15) is 56.4 Å². The van der Waals surface area contributed by atoms with E-state index in [2.05, 4.69) is 15.3 Å². The van der Waals surface area contributed by atoms with E-state index in [4.69, 9.17) is 36.5 Å². The Morgan fingerprint density at radius 1 is 1.09 bits per heavy atom. The van der Waals surface area contributed by atoms with Crippen molar-refractivity contribution < 1.29 is 34.0 Å². The molecule has 0 aliphatic rings. The topological polar surface area (TPSA) is 89.7 Å². The largest absolute Gasteiger partial charge is 0.487 e. The second-order valence-electron chi connectivity index (χ2n) is 10.4. The highest BCUT2D eigenvalue weighted by molar-refractivity contribution is 6.32. The van der Waals surface area contributed by atoms with E-state index >= 15 is 0 Å². The third-order valence-corrected chi connectivity index (χ3v) is 6.14. The van der Waals surface area contributed by atoms with Gasteiger partial charge in [-0.15, -0.1) is 0 Å². The monoisotopic (exact) mass is 624 g/mol. The van der Waals surface area contributed by atoms with Crippen LogP contribution in [0.3, 0.4) is 0 Å². The van der Waals surface area contributed by atoms with Gasteiger partial charge in [-0.2, -0.15) is 0 Å². The van der Waals surface area contributed by atoms with Gasteiger partial charge in [0.15, 0.2) is 0 Å². The molecule has 1 amide bonds. The van der Waals surface area contributed by atoms with Crippen LogP contribution in [0, 0.1) is 5.82 Å². The van der Waals surface area contributed by atoms with Crippen LogP contribution < -0.4 is 10.1 Å². The smallest absolute Gasteiger partial charge is 0.410 e. The number of nitrogens with one attached hydrogen (secondary N) is 1. The van der Waals surface area contributed by atoms with Crippen LogP contribution in [0.25, 0.3) is 22.2 Å². The lowest BCUT2D eigenvalue weighted by atomic mass is 10.1. The number of hydrogen-bond acceptors (Lipinski definition) is 7. The number of rotatable bonds is 10. The normalized spacial score (nSPS) is 15.4. The summed E-state index contributed by atoms with van der Waals surface area (Å²) in [6, 6.07) is 17.1. The van der Waals surface area contributed by atoms with Crippen molar-refractivity contribution in [2.75, 3.05) is 11.8 Å². The van der Waals surface area contributed by atoms with Crippen molar-refractivity contribution in [1.82, 2.24) is 14.9 Å². The second kappa shape index (κ2) is 13.3. The van der Waals surface area contributed by atoms with Gasteiger partial charge in [0.05, 0.1) is 22.5 Å². The zero-order chi connectivity index (χ0) is 38.4. The maximum Gasteiger partial charge on any atom is 0.410 e. The summed E-state index contributed by atoms with van der Waals surface area (Å²) in [5, 5.41) is 3.70. The van der Waals surface area contributed by atoms with E-state index in [1.54, 1.807) is 24.3 Å². The van der Waals surface area contributed by atoms with E-state index in [9.17, 15) is 9.18 Å². The van der Waals surface area contributed by atoms with Crippen LogP contribution in [0.15, 0.2) is 83.5 Å². The lowest BCUT2D eigenvalue weighted by Gasteiger charge is -2.26. The number of benzene rings is 3. The number of amides is 1. The number of nitrogens with zero attached hydrogens (tertiary/aromatic N) is 3. The van der Waals surface area contributed by atoms with E-state index in [0.29, 0.717) is 28.0 Å². The lowest BCUT2D eigenvalue weighted by molar-refractivity contribution is 0.0221. The third-order valence-electron chi connectivity index (χ3n) is 5.85. The van der Waals surface area contributed by atoms with Crippen LogP contribution in [0.2, 0.25) is 5.02 Å². The highest BCUT2D eigenvalue weighted by Crippen LogP contribution is 2.33. The Labute approximate surface area is 272 Å². The zero-order valence-corrected chi connectivity index (χ0v) is 25.0. The SMILES string of the molecule is [2H]C([2H])(Oc1ccc(Nc2ncnc3ccc(-c4ccc(C([2H])([2H])N(C(=O)OC(C)(C)C)C([2H])([2H])C([2H])([2H])C)o4)cc23)cc1Cl)c1cccc(F)c1. The van der Waals surface area contributed by atoms with E-state index < -0.39 is 49.2 Å². The molecule has 0 aliphatic carbocycles. The fourth-order valence-corrected chi connectivity index (χ4v) is 4.19. The Balaban J connectivity index is 1.44. The first-order chi connectivity index (χ1) is 24.0. The summed E-state index contributed by atoms with van der Waals surface area (Å²) in [6.45, 7) is -3.12. The van der Waals surface area contributed by atoms with Crippen LogP contribution in [0.5, 0.6) is 5.75 Å². The molecule has 0 unspecified atom stereocenters. The minimum absolute atomic E-state index is 0.0122. The van der Waals surface area contributed by atoms with E-state index in [-0.39, 0.29) is 27.0 Å². The van der Waals surface area contributed by atoms with Crippen molar-refractivity contribution in [3.05, 3.63) is 101 Å². The summed E-state index contributed by atoms with van der Waals surface area (Å²) in [4.78, 5) is 21.9. The van der Waals surface area contributed by atoms with Gasteiger partial charge in [-0.05, 0) is 93.4 Å². The van der Waals surface area contributed by atoms with Crippen molar-refractivity contribution in [1.29, 1.82) is 0 Å². The average Bonchev–Trinajstić information content (AvgIpc) is 3.52. The van der Waals surface area contributed by atoms with Gasteiger partial charge in [0.1, 0.15) is 47.4 Å². The number of carbonyl (C=O) groups is 1. The highest BCUT2D eigenvalue weighted by atomic mass is 35.5. The van der Waals surface area contributed by atoms with Gasteiger partial charge >= 0.3 is 6.09 Å². The van der Waals surface area contributed by atoms with Gasteiger partial charge in [-0.1, -0.05) is 30.7 Å². The predicted octanol–water partition coefficient (Wildman–Crippen LogP) is 9.15. The molecule has 5 rings (SSSR count). The molecule has 5 aromatic rings. The van der Waals surface area contributed by atoms with Crippen molar-refractivity contribution in [2.45, 2.75) is 52.7 Å². The second-order valence-corrected chi connectivity index (χ2v) is 10.8. The Morgan fingerprint density at radius 3 is 2.68 bits per heavy atom. The molecule has 10 heteroatoms. The number of furan rings is 1. The molecule has 1 N–H and O–H groups in total. The summed E-state index contributed by atoms with van der Waals surface area (Å²) >= 11 is 6.45. The summed E-state index contributed by atoms with van der Waals surface area (Å²) < 4.78 is 97.4. The minimum Gasteiger partial charge on any atom is -0.487 e. The van der Waals surface area contributed by atoms with Crippen LogP contribution >= 0.6 is 11.6 Å². The predicted molar refractivity (Wildman–Crippen MR) is 170 cm³/mol. The molecule has 0 radical (unpaired) electrons. The van der Waals surface area contributed by atoms with Gasteiger partial charge < -0.3 is 24.1 Å². The van der Waals surface area contributed by atoms with Crippen molar-refractivity contribution in [3.8, 4) is 17.1 Å². The maximum atomic E-state index is 13.7. The van der Waals surface area contributed by atoms with Crippen molar-refractivity contribution in [3.63, 3.8) is 0 Å². The first kappa shape index (κ1) is 22.0. The molecule has 2 heterocycles. The van der Waals surface area contributed by atoms with Crippen molar-refractivity contribution in [2.24, 2.45) is 0 Å². The van der Waals surface area contributed by atoms with Gasteiger partial charge in [-0.25, -0.2) is 19.2 Å². The van der Waals surface area contributed by atoms with Gasteiger partial charge in [-0.3, -0.25) is 0 Å². The molecule has 0 aliphatic heterocycles. The molecule has 8 nitrogen and oxygen atoms in total. The van der Waals surface area contributed by atoms with Crippen LogP contribution in [-0.4, -0.2) is 33.1 Å². The molecule has 2 aromatic heterocycles. The molecule has 0 spiro atoms. The molecule has 3 aromatic carbocycles. The fourth-order valence-electron chi connectivity index (χ4n) is 3.98. The molecule has 0 saturated heterocycles. The van der Waals surface area contributed by atoms with E-state index in [1.165, 1.54) is 69.6 Å². The third kappa shape index (κ3) is 7.85. The number of fused-ring (bicyclic) bond motifs is 1. The van der Waals surface area contributed by atoms with E-state index in [0.717, 1.165) is 13.0 Å². The van der Waals surface area contributed by atoms with Crippen molar-refractivity contribution >= 4 is 40.1 Å². The Bertz CT molecular complexity index is 2120. The molecule has 0 saturated carbocycles. The molecule has 0 fully saturated rings. The minimum atomic E-state index is -3.17. The lowest BCUT2D eigenvalue weighted by Crippen LogP contribution is -2.36. The number of anilines is 2. The molecular formula is C34H34ClFN4O4. The molecular weight excluding hydrogens is 583 g/mol. The number of hydrogen-bond donors (Lipinski definition) is 1. The zero-order valence-electron chi connectivity index (χ0n) is 32.2. The van der Waals surface area contributed by atoms with Gasteiger partial charge in [0.25, 0.3) is 0 Å². The first-order valence-corrected chi connectivity index (χ1v) is 13.8. The molecule has 0 atom stereocenters. The molecule has 44 heavy (non-hydrogen) atoms. The Morgan fingerprint density at radius 2 is 1.93 bits per heavy atom. The van der Waals surface area contributed by atoms with Crippen LogP contribution in [-0.2, 0) is 17.8 Å². The van der Waals surface area contributed by atoms with Crippen LogP contribution in [0.4, 0.5) is 20.7 Å². The summed E-state index contributed by atoms with van der Waals surface area (Å²) in [5.41, 5.74) is 0.239. The maximum absolute atomic E-state index is 13.7.